The zero-order chi connectivity index (χ0) is 17.8. The molecule has 1 atom stereocenters. The second kappa shape index (κ2) is 5.92. The second-order valence-corrected chi connectivity index (χ2v) is 7.41. The van der Waals surface area contributed by atoms with Gasteiger partial charge < -0.3 is 9.42 Å². The van der Waals surface area contributed by atoms with Crippen molar-refractivity contribution in [1.29, 1.82) is 0 Å². The fraction of sp³-hybridized carbons (Fsp3) is 0.294. The molecule has 3 aromatic rings. The SMILES string of the molecule is O=C1c2c(Br)cccc2-n2cnc(-c3noc(CCl)n3)c2[C@@H]2CCCN12. The first-order valence-corrected chi connectivity index (χ1v) is 9.58. The zero-order valence-electron chi connectivity index (χ0n) is 13.5. The average molecular weight is 435 g/mol. The van der Waals surface area contributed by atoms with Crippen LogP contribution in [0.3, 0.4) is 0 Å². The number of imidazole rings is 1. The summed E-state index contributed by atoms with van der Waals surface area (Å²) in [5.74, 6) is 0.915. The molecule has 5 rings (SSSR count). The lowest BCUT2D eigenvalue weighted by atomic mass is 10.1. The van der Waals surface area contributed by atoms with Gasteiger partial charge >= 0.3 is 0 Å². The zero-order valence-corrected chi connectivity index (χ0v) is 15.9. The minimum absolute atomic E-state index is 0.0270. The number of hydrogen-bond acceptors (Lipinski definition) is 5. The Labute approximate surface area is 162 Å². The highest BCUT2D eigenvalue weighted by atomic mass is 79.9. The number of benzene rings is 1. The number of hydrogen-bond donors (Lipinski definition) is 0. The minimum atomic E-state index is -0.0720. The van der Waals surface area contributed by atoms with Crippen LogP contribution in [-0.2, 0) is 5.88 Å². The molecule has 2 aromatic heterocycles. The minimum Gasteiger partial charge on any atom is -0.338 e. The number of fused-ring (bicyclic) bond motifs is 5. The molecule has 2 aliphatic rings. The van der Waals surface area contributed by atoms with E-state index in [2.05, 4.69) is 31.1 Å². The Kier molecular flexibility index (Phi) is 3.65. The summed E-state index contributed by atoms with van der Waals surface area (Å²) < 4.78 is 7.90. The van der Waals surface area contributed by atoms with Crippen LogP contribution in [0.25, 0.3) is 17.2 Å². The molecule has 1 aromatic carbocycles. The number of rotatable bonds is 2. The number of amides is 1. The average Bonchev–Trinajstić information content (AvgIpc) is 3.37. The lowest BCUT2D eigenvalue weighted by molar-refractivity contribution is 0.0738. The van der Waals surface area contributed by atoms with Crippen LogP contribution in [0.15, 0.2) is 33.5 Å². The Morgan fingerprint density at radius 2 is 2.27 bits per heavy atom. The molecule has 26 heavy (non-hydrogen) atoms. The highest BCUT2D eigenvalue weighted by Gasteiger charge is 2.40. The first-order chi connectivity index (χ1) is 12.7. The van der Waals surface area contributed by atoms with Crippen LogP contribution in [0, 0.1) is 0 Å². The quantitative estimate of drug-likeness (QED) is 0.575. The molecule has 0 N–H and O–H groups in total. The van der Waals surface area contributed by atoms with Crippen LogP contribution < -0.4 is 0 Å². The fourth-order valence-corrected chi connectivity index (χ4v) is 4.44. The van der Waals surface area contributed by atoms with Gasteiger partial charge in [0.1, 0.15) is 17.9 Å². The first kappa shape index (κ1) is 16.0. The standard InChI is InChI=1S/C17H13BrClN5O2/c18-9-3-1-4-10-13(9)17(25)23-6-2-5-11(23)15-14(20-8-24(10)15)16-21-12(7-19)26-22-16/h1,3-4,8,11H,2,5-7H2/t11-/m0/s1. The molecule has 7 nitrogen and oxygen atoms in total. The number of halogens is 2. The summed E-state index contributed by atoms with van der Waals surface area (Å²) in [4.78, 5) is 24.0. The smallest absolute Gasteiger partial charge is 0.257 e. The molecule has 0 aliphatic carbocycles. The van der Waals surface area contributed by atoms with E-state index in [1.54, 1.807) is 6.33 Å². The van der Waals surface area contributed by atoms with Gasteiger partial charge in [0.25, 0.3) is 5.91 Å². The van der Waals surface area contributed by atoms with Crippen LogP contribution in [0.2, 0.25) is 0 Å². The molecule has 2 aliphatic heterocycles. The van der Waals surface area contributed by atoms with Gasteiger partial charge in [0.15, 0.2) is 0 Å². The Morgan fingerprint density at radius 1 is 1.38 bits per heavy atom. The molecule has 9 heteroatoms. The molecule has 0 bridgehead atoms. The summed E-state index contributed by atoms with van der Waals surface area (Å²) in [6.07, 6.45) is 3.54. The molecule has 1 fully saturated rings. The van der Waals surface area contributed by atoms with E-state index < -0.39 is 0 Å². The van der Waals surface area contributed by atoms with Crippen molar-refractivity contribution in [3.8, 4) is 17.2 Å². The van der Waals surface area contributed by atoms with Gasteiger partial charge in [-0.1, -0.05) is 11.2 Å². The first-order valence-electron chi connectivity index (χ1n) is 8.25. The summed E-state index contributed by atoms with van der Waals surface area (Å²) in [5, 5.41) is 4.02. The maximum absolute atomic E-state index is 13.2. The van der Waals surface area contributed by atoms with Gasteiger partial charge in [0.05, 0.1) is 23.0 Å². The Balaban J connectivity index is 1.78. The molecule has 1 amide bonds. The maximum Gasteiger partial charge on any atom is 0.257 e. The van der Waals surface area contributed by atoms with Crippen LogP contribution in [0.1, 0.15) is 40.8 Å². The number of alkyl halides is 1. The molecule has 0 spiro atoms. The van der Waals surface area contributed by atoms with Gasteiger partial charge in [-0.2, -0.15) is 4.98 Å². The Morgan fingerprint density at radius 3 is 3.08 bits per heavy atom. The van der Waals surface area contributed by atoms with Gasteiger partial charge in [0, 0.05) is 11.0 Å². The second-order valence-electron chi connectivity index (χ2n) is 6.28. The molecule has 0 radical (unpaired) electrons. The molecular formula is C17H13BrClN5O2. The predicted molar refractivity (Wildman–Crippen MR) is 97.1 cm³/mol. The van der Waals surface area contributed by atoms with Gasteiger partial charge in [-0.15, -0.1) is 11.6 Å². The molecule has 4 heterocycles. The third-order valence-electron chi connectivity index (χ3n) is 4.89. The number of aromatic nitrogens is 4. The van der Waals surface area contributed by atoms with Crippen molar-refractivity contribution in [2.75, 3.05) is 6.54 Å². The lowest BCUT2D eigenvalue weighted by Gasteiger charge is -2.22. The van der Waals surface area contributed by atoms with Gasteiger partial charge in [-0.3, -0.25) is 9.36 Å². The van der Waals surface area contributed by atoms with Crippen LogP contribution in [0.4, 0.5) is 0 Å². The van der Waals surface area contributed by atoms with Crippen LogP contribution >= 0.6 is 27.5 Å². The summed E-state index contributed by atoms with van der Waals surface area (Å²) in [6, 6.07) is 5.65. The van der Waals surface area contributed by atoms with Crippen molar-refractivity contribution in [1.82, 2.24) is 24.6 Å². The Hall–Kier alpha value is -2.19. The predicted octanol–water partition coefficient (Wildman–Crippen LogP) is 3.71. The van der Waals surface area contributed by atoms with E-state index in [1.165, 1.54) is 0 Å². The maximum atomic E-state index is 13.2. The normalized spacial score (nSPS) is 18.5. The van der Waals surface area contributed by atoms with Crippen molar-refractivity contribution in [2.24, 2.45) is 0 Å². The molecular weight excluding hydrogens is 422 g/mol. The van der Waals surface area contributed by atoms with E-state index in [-0.39, 0.29) is 17.8 Å². The highest BCUT2D eigenvalue weighted by Crippen LogP contribution is 2.43. The third-order valence-corrected chi connectivity index (χ3v) is 5.78. The van der Waals surface area contributed by atoms with Crippen LogP contribution in [-0.4, -0.2) is 37.0 Å². The highest BCUT2D eigenvalue weighted by molar-refractivity contribution is 9.10. The van der Waals surface area contributed by atoms with E-state index in [9.17, 15) is 4.79 Å². The van der Waals surface area contributed by atoms with Crippen molar-refractivity contribution in [3.63, 3.8) is 0 Å². The molecule has 1 saturated heterocycles. The number of carbonyl (C=O) groups excluding carboxylic acids is 1. The molecule has 132 valence electrons. The van der Waals surface area contributed by atoms with Crippen molar-refractivity contribution < 1.29 is 9.32 Å². The monoisotopic (exact) mass is 433 g/mol. The van der Waals surface area contributed by atoms with E-state index >= 15 is 0 Å². The van der Waals surface area contributed by atoms with Gasteiger partial charge in [0.2, 0.25) is 11.7 Å². The van der Waals surface area contributed by atoms with Gasteiger partial charge in [-0.05, 0) is 40.9 Å². The van der Waals surface area contributed by atoms with E-state index in [0.29, 0.717) is 29.5 Å². The summed E-state index contributed by atoms with van der Waals surface area (Å²) in [7, 11) is 0. The molecule has 0 saturated carbocycles. The van der Waals surface area contributed by atoms with E-state index in [4.69, 9.17) is 16.1 Å². The van der Waals surface area contributed by atoms with E-state index in [0.717, 1.165) is 28.7 Å². The number of nitrogens with zero attached hydrogens (tertiary/aromatic N) is 5. The van der Waals surface area contributed by atoms with Crippen molar-refractivity contribution >= 4 is 33.4 Å². The third kappa shape index (κ3) is 2.18. The van der Waals surface area contributed by atoms with E-state index in [1.807, 2.05) is 27.7 Å². The Bertz CT molecular complexity index is 1030. The summed E-state index contributed by atoms with van der Waals surface area (Å²) in [6.45, 7) is 0.716. The summed E-state index contributed by atoms with van der Waals surface area (Å²) >= 11 is 9.32. The largest absolute Gasteiger partial charge is 0.338 e. The fourth-order valence-electron chi connectivity index (χ4n) is 3.81. The summed E-state index contributed by atoms with van der Waals surface area (Å²) in [5.41, 5.74) is 2.99. The number of carbonyl (C=O) groups is 1. The van der Waals surface area contributed by atoms with Gasteiger partial charge in [-0.25, -0.2) is 4.98 Å². The lowest BCUT2D eigenvalue weighted by Crippen LogP contribution is -2.30. The van der Waals surface area contributed by atoms with Crippen molar-refractivity contribution in [2.45, 2.75) is 24.8 Å². The topological polar surface area (TPSA) is 77.0 Å². The van der Waals surface area contributed by atoms with Crippen LogP contribution in [0.5, 0.6) is 0 Å². The van der Waals surface area contributed by atoms with Crippen molar-refractivity contribution in [3.05, 3.63) is 46.1 Å². The molecule has 0 unspecified atom stereocenters.